The maximum atomic E-state index is 8.42. The van der Waals surface area contributed by atoms with Gasteiger partial charge in [-0.15, -0.1) is 0 Å². The Morgan fingerprint density at radius 3 is 1.00 bits per heavy atom. The minimum atomic E-state index is 0. The predicted molar refractivity (Wildman–Crippen MR) is 80.9 cm³/mol. The first-order valence-electron chi connectivity index (χ1n) is 8.05. The fourth-order valence-electron chi connectivity index (χ4n) is 1.78. The third kappa shape index (κ3) is 32.3. The maximum absolute atomic E-state index is 8.42. The van der Waals surface area contributed by atoms with Gasteiger partial charge in [0.1, 0.15) is 0 Å². The van der Waals surface area contributed by atoms with Gasteiger partial charge >= 0.3 is 0 Å². The van der Waals surface area contributed by atoms with Gasteiger partial charge in [0.2, 0.25) is 0 Å². The number of hydrogen-bond acceptors (Lipinski definition) is 2. The molecule has 0 spiro atoms. The first-order chi connectivity index (χ1) is 8.83. The standard InChI is InChI=1S/2C8H18O.Zn/c2*1-2-3-4-5-6-7-8-9;/h2*9H,2-8H2,1H3;. The topological polar surface area (TPSA) is 40.5 Å². The SMILES string of the molecule is CCCCCCCCO.CCCCCCCCO.[Zn]. The number of hydrogen-bond donors (Lipinski definition) is 2. The van der Waals surface area contributed by atoms with Crippen LogP contribution in [0.5, 0.6) is 0 Å². The molecule has 19 heavy (non-hydrogen) atoms. The first kappa shape index (κ1) is 24.6. The molecule has 0 bridgehead atoms. The molecule has 0 aromatic rings. The minimum absolute atomic E-state index is 0. The largest absolute Gasteiger partial charge is 0.396 e. The van der Waals surface area contributed by atoms with Crippen LogP contribution in [0.3, 0.4) is 0 Å². The normalized spacial score (nSPS) is 9.47. The summed E-state index contributed by atoms with van der Waals surface area (Å²) in [5.41, 5.74) is 0. The van der Waals surface area contributed by atoms with Crippen molar-refractivity contribution in [3.8, 4) is 0 Å². The molecule has 2 nitrogen and oxygen atoms in total. The van der Waals surface area contributed by atoms with Crippen LogP contribution < -0.4 is 0 Å². The van der Waals surface area contributed by atoms with Gasteiger partial charge in [-0.25, -0.2) is 0 Å². The first-order valence-corrected chi connectivity index (χ1v) is 8.05. The van der Waals surface area contributed by atoms with Crippen LogP contribution in [0.25, 0.3) is 0 Å². The average Bonchev–Trinajstić information content (AvgIpc) is 2.39. The molecule has 0 rings (SSSR count). The van der Waals surface area contributed by atoms with E-state index in [9.17, 15) is 0 Å². The van der Waals surface area contributed by atoms with Crippen LogP contribution in [0.15, 0.2) is 0 Å². The second kappa shape index (κ2) is 27.0. The number of unbranched alkanes of at least 4 members (excludes halogenated alkanes) is 10. The summed E-state index contributed by atoms with van der Waals surface area (Å²) < 4.78 is 0. The molecular formula is C16H36O2Zn. The van der Waals surface area contributed by atoms with Gasteiger partial charge in [0.05, 0.1) is 0 Å². The van der Waals surface area contributed by atoms with E-state index < -0.39 is 0 Å². The van der Waals surface area contributed by atoms with Gasteiger partial charge in [0.25, 0.3) is 0 Å². The number of rotatable bonds is 12. The molecular weight excluding hydrogens is 290 g/mol. The Morgan fingerprint density at radius 1 is 0.474 bits per heavy atom. The van der Waals surface area contributed by atoms with Crippen LogP contribution in [-0.4, -0.2) is 23.4 Å². The summed E-state index contributed by atoms with van der Waals surface area (Å²) in [5, 5.41) is 16.8. The predicted octanol–water partition coefficient (Wildman–Crippen LogP) is 4.68. The average molecular weight is 326 g/mol. The second-order valence-electron chi connectivity index (χ2n) is 4.98. The molecule has 0 amide bonds. The van der Waals surface area contributed by atoms with Crippen molar-refractivity contribution in [3.63, 3.8) is 0 Å². The fraction of sp³-hybridized carbons (Fsp3) is 1.00. The third-order valence-electron chi connectivity index (χ3n) is 3.02. The van der Waals surface area contributed by atoms with Crippen LogP contribution in [0.4, 0.5) is 0 Å². The summed E-state index contributed by atoms with van der Waals surface area (Å²) in [6.07, 6.45) is 15.0. The third-order valence-corrected chi connectivity index (χ3v) is 3.02. The quantitative estimate of drug-likeness (QED) is 0.404. The molecule has 2 N–H and O–H groups in total. The maximum Gasteiger partial charge on any atom is 0.0431 e. The van der Waals surface area contributed by atoms with Crippen molar-refractivity contribution in [2.45, 2.75) is 90.9 Å². The zero-order valence-corrected chi connectivity index (χ0v) is 16.5. The van der Waals surface area contributed by atoms with E-state index in [1.54, 1.807) is 0 Å². The van der Waals surface area contributed by atoms with E-state index in [2.05, 4.69) is 13.8 Å². The Bertz CT molecular complexity index is 95.3. The Hall–Kier alpha value is 0.543. The van der Waals surface area contributed by atoms with E-state index in [1.165, 1.54) is 64.2 Å². The smallest absolute Gasteiger partial charge is 0.0431 e. The minimum Gasteiger partial charge on any atom is -0.396 e. The zero-order valence-electron chi connectivity index (χ0n) is 13.5. The van der Waals surface area contributed by atoms with Gasteiger partial charge in [0, 0.05) is 32.7 Å². The monoisotopic (exact) mass is 324 g/mol. The molecule has 0 saturated carbocycles. The van der Waals surface area contributed by atoms with Crippen molar-refractivity contribution in [1.82, 2.24) is 0 Å². The van der Waals surface area contributed by atoms with Crippen LogP contribution in [0.1, 0.15) is 90.9 Å². The van der Waals surface area contributed by atoms with Crippen molar-refractivity contribution in [3.05, 3.63) is 0 Å². The van der Waals surface area contributed by atoms with E-state index in [4.69, 9.17) is 10.2 Å². The van der Waals surface area contributed by atoms with Gasteiger partial charge in [-0.3, -0.25) is 0 Å². The summed E-state index contributed by atoms with van der Waals surface area (Å²) in [4.78, 5) is 0. The molecule has 0 aliphatic rings. The van der Waals surface area contributed by atoms with Gasteiger partial charge < -0.3 is 10.2 Å². The van der Waals surface area contributed by atoms with Crippen molar-refractivity contribution in [2.24, 2.45) is 0 Å². The molecule has 0 aromatic heterocycles. The van der Waals surface area contributed by atoms with Crippen LogP contribution >= 0.6 is 0 Å². The van der Waals surface area contributed by atoms with Crippen molar-refractivity contribution in [2.75, 3.05) is 13.2 Å². The van der Waals surface area contributed by atoms with Gasteiger partial charge in [-0.2, -0.15) is 0 Å². The summed E-state index contributed by atoms with van der Waals surface area (Å²) in [6, 6.07) is 0. The molecule has 0 aromatic carbocycles. The van der Waals surface area contributed by atoms with Crippen molar-refractivity contribution in [1.29, 1.82) is 0 Å². The van der Waals surface area contributed by atoms with E-state index in [0.717, 1.165) is 12.8 Å². The van der Waals surface area contributed by atoms with E-state index >= 15 is 0 Å². The van der Waals surface area contributed by atoms with Crippen LogP contribution in [-0.2, 0) is 19.5 Å². The molecule has 0 aliphatic heterocycles. The van der Waals surface area contributed by atoms with E-state index in [1.807, 2.05) is 0 Å². The summed E-state index contributed by atoms with van der Waals surface area (Å²) in [5.74, 6) is 0. The van der Waals surface area contributed by atoms with Crippen LogP contribution in [0.2, 0.25) is 0 Å². The molecule has 3 heteroatoms. The number of aliphatic hydroxyl groups is 2. The fourth-order valence-corrected chi connectivity index (χ4v) is 1.78. The van der Waals surface area contributed by atoms with E-state index in [-0.39, 0.29) is 19.5 Å². The Labute approximate surface area is 134 Å². The Morgan fingerprint density at radius 2 is 0.737 bits per heavy atom. The number of aliphatic hydroxyl groups excluding tert-OH is 2. The molecule has 0 atom stereocenters. The van der Waals surface area contributed by atoms with Crippen molar-refractivity contribution < 1.29 is 29.7 Å². The zero-order chi connectivity index (χ0) is 13.9. The molecule has 0 saturated heterocycles. The summed E-state index contributed by atoms with van der Waals surface area (Å²) >= 11 is 0. The Balaban J connectivity index is -0.000000256. The van der Waals surface area contributed by atoms with E-state index in [0.29, 0.717) is 13.2 Å². The summed E-state index contributed by atoms with van der Waals surface area (Å²) in [6.45, 7) is 5.16. The van der Waals surface area contributed by atoms with Gasteiger partial charge in [-0.1, -0.05) is 78.1 Å². The molecule has 0 aliphatic carbocycles. The van der Waals surface area contributed by atoms with Gasteiger partial charge in [0.15, 0.2) is 0 Å². The molecule has 114 valence electrons. The van der Waals surface area contributed by atoms with Crippen molar-refractivity contribution >= 4 is 0 Å². The second-order valence-corrected chi connectivity index (χ2v) is 4.98. The van der Waals surface area contributed by atoms with Gasteiger partial charge in [-0.05, 0) is 12.8 Å². The molecule has 0 fully saturated rings. The summed E-state index contributed by atoms with van der Waals surface area (Å²) in [7, 11) is 0. The molecule has 0 radical (unpaired) electrons. The van der Waals surface area contributed by atoms with Crippen LogP contribution in [0, 0.1) is 0 Å². The molecule has 0 unspecified atom stereocenters. The Kier molecular flexibility index (Phi) is 34.9. The molecule has 0 heterocycles.